The van der Waals surface area contributed by atoms with Gasteiger partial charge in [-0.05, 0) is 60.0 Å². The number of nitrogens with zero attached hydrogens (tertiary/aromatic N) is 2. The van der Waals surface area contributed by atoms with Gasteiger partial charge in [0.1, 0.15) is 17.5 Å². The van der Waals surface area contributed by atoms with E-state index in [4.69, 9.17) is 19.9 Å². The van der Waals surface area contributed by atoms with Crippen molar-refractivity contribution in [1.29, 1.82) is 0 Å². The number of benzene rings is 2. The summed E-state index contributed by atoms with van der Waals surface area (Å²) < 4.78 is 55.7. The zero-order valence-electron chi connectivity index (χ0n) is 23.9. The lowest BCUT2D eigenvalue weighted by Gasteiger charge is -2.44. The van der Waals surface area contributed by atoms with Gasteiger partial charge < -0.3 is 19.9 Å². The third-order valence-electron chi connectivity index (χ3n) is 7.91. The van der Waals surface area contributed by atoms with Crippen LogP contribution in [-0.4, -0.2) is 44.0 Å². The second-order valence-corrected chi connectivity index (χ2v) is 10.2. The smallest absolute Gasteiger partial charge is 0.416 e. The highest BCUT2D eigenvalue weighted by molar-refractivity contribution is 6.14. The van der Waals surface area contributed by atoms with Crippen molar-refractivity contribution in [1.82, 2.24) is 4.98 Å². The summed E-state index contributed by atoms with van der Waals surface area (Å²) in [4.78, 5) is 46.7. The number of methoxy groups -OCH3 is 3. The molecule has 0 amide bonds. The molecule has 1 aromatic heterocycles. The quantitative estimate of drug-likeness (QED) is 0.310. The molecule has 0 saturated carbocycles. The fourth-order valence-corrected chi connectivity index (χ4v) is 5.87. The number of pyridine rings is 1. The van der Waals surface area contributed by atoms with Gasteiger partial charge in [-0.25, -0.2) is 4.79 Å². The number of alkyl halides is 3. The van der Waals surface area contributed by atoms with Gasteiger partial charge in [0, 0.05) is 35.3 Å². The first kappa shape index (κ1) is 30.3. The predicted molar refractivity (Wildman–Crippen MR) is 152 cm³/mol. The van der Waals surface area contributed by atoms with Crippen LogP contribution in [0.2, 0.25) is 0 Å². The molecule has 2 aliphatic rings. The molecule has 1 aliphatic carbocycles. The molecule has 2 heterocycles. The molecule has 0 bridgehead atoms. The SMILES string of the molecule is COC(=O)C1=C(N)N(c2ccc(C(F)(F)F)cc2)C2=C(C(=O)C(C(=O)OC)C(c3ccc(OC)cc3)C2)C1c1cccnc1. The van der Waals surface area contributed by atoms with Gasteiger partial charge >= 0.3 is 18.1 Å². The van der Waals surface area contributed by atoms with Crippen molar-refractivity contribution in [2.45, 2.75) is 24.4 Å². The van der Waals surface area contributed by atoms with E-state index >= 15 is 0 Å². The number of hydrogen-bond donors (Lipinski definition) is 1. The molecule has 0 spiro atoms. The summed E-state index contributed by atoms with van der Waals surface area (Å²) in [6.07, 6.45) is -1.57. The van der Waals surface area contributed by atoms with E-state index in [1.807, 2.05) is 0 Å². The number of rotatable bonds is 6. The number of esters is 2. The maximum Gasteiger partial charge on any atom is 0.416 e. The summed E-state index contributed by atoms with van der Waals surface area (Å²) in [5, 5.41) is 0. The van der Waals surface area contributed by atoms with E-state index in [9.17, 15) is 27.6 Å². The molecule has 228 valence electrons. The Morgan fingerprint density at radius 1 is 0.955 bits per heavy atom. The van der Waals surface area contributed by atoms with E-state index in [1.54, 1.807) is 36.4 Å². The average Bonchev–Trinajstić information content (AvgIpc) is 3.03. The number of carbonyl (C=O) groups excluding carboxylic acids is 3. The van der Waals surface area contributed by atoms with Crippen molar-refractivity contribution in [3.63, 3.8) is 0 Å². The Labute approximate surface area is 250 Å². The highest BCUT2D eigenvalue weighted by atomic mass is 19.4. The van der Waals surface area contributed by atoms with Crippen molar-refractivity contribution < 1.29 is 41.8 Å². The van der Waals surface area contributed by atoms with Crippen molar-refractivity contribution in [3.05, 3.63) is 112 Å². The summed E-state index contributed by atoms with van der Waals surface area (Å²) in [6, 6.07) is 14.3. The summed E-state index contributed by atoms with van der Waals surface area (Å²) in [7, 11) is 3.83. The molecule has 3 unspecified atom stereocenters. The van der Waals surface area contributed by atoms with Crippen LogP contribution in [0.5, 0.6) is 5.75 Å². The summed E-state index contributed by atoms with van der Waals surface area (Å²) in [5.74, 6) is -5.00. The van der Waals surface area contributed by atoms with E-state index < -0.39 is 47.2 Å². The van der Waals surface area contributed by atoms with E-state index in [0.717, 1.165) is 19.2 Å². The van der Waals surface area contributed by atoms with Crippen LogP contribution >= 0.6 is 0 Å². The normalized spacial score (nSPS) is 20.3. The fraction of sp³-hybridized carbons (Fsp3) is 0.250. The molecular weight excluding hydrogens is 579 g/mol. The van der Waals surface area contributed by atoms with Gasteiger partial charge in [-0.15, -0.1) is 0 Å². The molecule has 44 heavy (non-hydrogen) atoms. The molecule has 0 radical (unpaired) electrons. The van der Waals surface area contributed by atoms with Crippen molar-refractivity contribution in [2.75, 3.05) is 26.2 Å². The number of nitrogens with two attached hydrogens (primary N) is 1. The number of halogens is 3. The first-order chi connectivity index (χ1) is 21.0. The van der Waals surface area contributed by atoms with Crippen LogP contribution in [0.4, 0.5) is 18.9 Å². The molecule has 12 heteroatoms. The molecule has 0 fully saturated rings. The monoisotopic (exact) mass is 607 g/mol. The first-order valence-electron chi connectivity index (χ1n) is 13.5. The minimum Gasteiger partial charge on any atom is -0.497 e. The Morgan fingerprint density at radius 2 is 1.64 bits per heavy atom. The number of ketones is 1. The van der Waals surface area contributed by atoms with Crippen LogP contribution in [0.25, 0.3) is 0 Å². The molecule has 2 aromatic carbocycles. The molecule has 1 aliphatic heterocycles. The van der Waals surface area contributed by atoms with E-state index in [-0.39, 0.29) is 29.1 Å². The van der Waals surface area contributed by atoms with Gasteiger partial charge in [0.05, 0.1) is 38.4 Å². The van der Waals surface area contributed by atoms with Crippen LogP contribution in [0.3, 0.4) is 0 Å². The number of Topliss-reactive ketones (excluding diaryl/α,β-unsaturated/α-hetero) is 1. The Hall–Kier alpha value is -5.13. The molecule has 2 N–H and O–H groups in total. The van der Waals surface area contributed by atoms with Gasteiger partial charge in [-0.2, -0.15) is 13.2 Å². The topological polar surface area (TPSA) is 121 Å². The summed E-state index contributed by atoms with van der Waals surface area (Å²) in [6.45, 7) is 0. The lowest BCUT2D eigenvalue weighted by molar-refractivity contribution is -0.150. The second-order valence-electron chi connectivity index (χ2n) is 10.2. The molecular formula is C32H28F3N3O6. The van der Waals surface area contributed by atoms with Gasteiger partial charge in [-0.3, -0.25) is 19.5 Å². The third kappa shape index (κ3) is 5.27. The fourth-order valence-electron chi connectivity index (χ4n) is 5.87. The number of anilines is 1. The van der Waals surface area contributed by atoms with Crippen molar-refractivity contribution >= 4 is 23.4 Å². The summed E-state index contributed by atoms with van der Waals surface area (Å²) in [5.41, 5.74) is 7.26. The highest BCUT2D eigenvalue weighted by Crippen LogP contribution is 2.51. The Balaban J connectivity index is 1.79. The molecule has 3 atom stereocenters. The van der Waals surface area contributed by atoms with Crippen molar-refractivity contribution in [2.24, 2.45) is 11.7 Å². The Bertz CT molecular complexity index is 1650. The lowest BCUT2D eigenvalue weighted by atomic mass is 9.67. The van der Waals surface area contributed by atoms with Crippen LogP contribution in [-0.2, 0) is 30.0 Å². The van der Waals surface area contributed by atoms with Crippen LogP contribution < -0.4 is 15.4 Å². The van der Waals surface area contributed by atoms with Gasteiger partial charge in [0.25, 0.3) is 0 Å². The van der Waals surface area contributed by atoms with Crippen LogP contribution in [0.1, 0.15) is 34.9 Å². The van der Waals surface area contributed by atoms with E-state index in [1.165, 1.54) is 43.6 Å². The molecule has 0 saturated heterocycles. The minimum absolute atomic E-state index is 0.0418. The van der Waals surface area contributed by atoms with Crippen LogP contribution in [0, 0.1) is 5.92 Å². The molecule has 3 aromatic rings. The van der Waals surface area contributed by atoms with Gasteiger partial charge in [0.2, 0.25) is 0 Å². The largest absolute Gasteiger partial charge is 0.497 e. The zero-order valence-corrected chi connectivity index (χ0v) is 23.9. The highest BCUT2D eigenvalue weighted by Gasteiger charge is 2.51. The van der Waals surface area contributed by atoms with Crippen molar-refractivity contribution in [3.8, 4) is 5.75 Å². The zero-order chi connectivity index (χ0) is 31.8. The maximum atomic E-state index is 14.6. The predicted octanol–water partition coefficient (Wildman–Crippen LogP) is 4.86. The Morgan fingerprint density at radius 3 is 2.18 bits per heavy atom. The van der Waals surface area contributed by atoms with E-state index in [0.29, 0.717) is 22.6 Å². The maximum absolute atomic E-state index is 14.6. The van der Waals surface area contributed by atoms with E-state index in [2.05, 4.69) is 4.98 Å². The minimum atomic E-state index is -4.59. The molecule has 9 nitrogen and oxygen atoms in total. The number of hydrogen-bond acceptors (Lipinski definition) is 9. The number of aromatic nitrogens is 1. The number of carbonyl (C=O) groups is 3. The summed E-state index contributed by atoms with van der Waals surface area (Å²) >= 11 is 0. The second kappa shape index (κ2) is 11.9. The lowest BCUT2D eigenvalue weighted by Crippen LogP contribution is -2.46. The average molecular weight is 608 g/mol. The Kier molecular flexibility index (Phi) is 8.18. The standard InChI is InChI=1S/C32H28F3N3O6/c1-42-21-12-6-17(7-13-21)22-15-23-26(28(39)25(22)30(40)43-2)24(18-5-4-14-37-16-18)27(31(41)44-3)29(36)38(23)20-10-8-19(9-11-20)32(33,34)35/h4-14,16,22,24-25H,15,36H2,1-3H3. The van der Waals surface area contributed by atoms with Crippen LogP contribution in [0.15, 0.2) is 95.7 Å². The third-order valence-corrected chi connectivity index (χ3v) is 7.91. The number of ether oxygens (including phenoxy) is 3. The molecule has 5 rings (SSSR count). The van der Waals surface area contributed by atoms with Gasteiger partial charge in [0.15, 0.2) is 5.78 Å². The first-order valence-corrected chi connectivity index (χ1v) is 13.5. The van der Waals surface area contributed by atoms with Gasteiger partial charge in [-0.1, -0.05) is 18.2 Å². The number of allylic oxidation sites excluding steroid dienone is 2.